The first kappa shape index (κ1) is 16.7. The van der Waals surface area contributed by atoms with Gasteiger partial charge in [-0.05, 0) is 46.1 Å². The maximum Gasteiger partial charge on any atom is 0.409 e. The van der Waals surface area contributed by atoms with Crippen molar-refractivity contribution >= 4 is 6.09 Å². The Hall–Kier alpha value is -1.62. The highest BCUT2D eigenvalue weighted by Crippen LogP contribution is 2.28. The molecule has 1 aliphatic heterocycles. The van der Waals surface area contributed by atoms with Crippen LogP contribution < -0.4 is 0 Å². The second-order valence-electron chi connectivity index (χ2n) is 6.86. The lowest BCUT2D eigenvalue weighted by Gasteiger charge is -2.47. The van der Waals surface area contributed by atoms with Crippen LogP contribution in [0.25, 0.3) is 0 Å². The quantitative estimate of drug-likeness (QED) is 0.920. The number of likely N-dealkylation sites (tertiary alicyclic amines) is 1. The third-order valence-corrected chi connectivity index (χ3v) is 4.14. The molecule has 4 nitrogen and oxygen atoms in total. The number of amides is 1. The SMILES string of the molecule is CC(C)(C)N(C(=O)O)C1CCCCN1Cc1ccccc1F. The van der Waals surface area contributed by atoms with Gasteiger partial charge in [0.25, 0.3) is 0 Å². The Labute approximate surface area is 131 Å². The number of piperidine rings is 1. The minimum absolute atomic E-state index is 0.203. The highest BCUT2D eigenvalue weighted by atomic mass is 19.1. The molecule has 1 fully saturated rings. The molecule has 0 spiro atoms. The van der Waals surface area contributed by atoms with Gasteiger partial charge in [0.2, 0.25) is 0 Å². The van der Waals surface area contributed by atoms with E-state index in [2.05, 4.69) is 4.90 Å². The Balaban J connectivity index is 2.24. The molecule has 0 radical (unpaired) electrons. The van der Waals surface area contributed by atoms with Crippen molar-refractivity contribution in [3.8, 4) is 0 Å². The normalized spacial score (nSPS) is 19.9. The smallest absolute Gasteiger partial charge is 0.409 e. The lowest BCUT2D eigenvalue weighted by Crippen LogP contribution is -2.59. The molecule has 1 aliphatic rings. The minimum atomic E-state index is -0.919. The van der Waals surface area contributed by atoms with Gasteiger partial charge < -0.3 is 5.11 Å². The van der Waals surface area contributed by atoms with E-state index < -0.39 is 11.6 Å². The van der Waals surface area contributed by atoms with Crippen LogP contribution >= 0.6 is 0 Å². The zero-order valence-electron chi connectivity index (χ0n) is 13.6. The standard InChI is InChI=1S/C17H25FN2O2/c1-17(2,3)20(16(21)22)15-10-6-7-11-19(15)12-13-8-4-5-9-14(13)18/h4-5,8-9,15H,6-7,10-12H2,1-3H3,(H,21,22). The second-order valence-corrected chi connectivity index (χ2v) is 6.86. The number of carboxylic acid groups (broad SMARTS) is 1. The summed E-state index contributed by atoms with van der Waals surface area (Å²) in [5.41, 5.74) is 0.134. The van der Waals surface area contributed by atoms with Crippen LogP contribution in [-0.2, 0) is 6.54 Å². The zero-order valence-corrected chi connectivity index (χ0v) is 13.6. The summed E-state index contributed by atoms with van der Waals surface area (Å²) in [6, 6.07) is 6.71. The topological polar surface area (TPSA) is 43.8 Å². The molecule has 0 aromatic heterocycles. The first-order valence-corrected chi connectivity index (χ1v) is 7.80. The minimum Gasteiger partial charge on any atom is -0.465 e. The van der Waals surface area contributed by atoms with Gasteiger partial charge in [-0.3, -0.25) is 9.80 Å². The van der Waals surface area contributed by atoms with E-state index in [9.17, 15) is 14.3 Å². The fraction of sp³-hybridized carbons (Fsp3) is 0.588. The zero-order chi connectivity index (χ0) is 16.3. The molecule has 122 valence electrons. The van der Waals surface area contributed by atoms with E-state index in [0.717, 1.165) is 25.8 Å². The summed E-state index contributed by atoms with van der Waals surface area (Å²) >= 11 is 0. The average Bonchev–Trinajstić information content (AvgIpc) is 2.41. The number of halogens is 1. The largest absolute Gasteiger partial charge is 0.465 e. The van der Waals surface area contributed by atoms with Gasteiger partial charge in [-0.2, -0.15) is 0 Å². The van der Waals surface area contributed by atoms with Gasteiger partial charge in [-0.25, -0.2) is 9.18 Å². The lowest BCUT2D eigenvalue weighted by atomic mass is 9.99. The fourth-order valence-corrected chi connectivity index (χ4v) is 3.16. The first-order chi connectivity index (χ1) is 10.3. The summed E-state index contributed by atoms with van der Waals surface area (Å²) < 4.78 is 13.9. The molecule has 1 aromatic carbocycles. The molecule has 1 atom stereocenters. The molecule has 1 amide bonds. The van der Waals surface area contributed by atoms with Crippen molar-refractivity contribution in [2.45, 2.75) is 58.3 Å². The first-order valence-electron chi connectivity index (χ1n) is 7.80. The number of hydrogen-bond donors (Lipinski definition) is 1. The molecule has 0 aliphatic carbocycles. The van der Waals surface area contributed by atoms with Crippen molar-refractivity contribution < 1.29 is 14.3 Å². The molecule has 0 bridgehead atoms. The van der Waals surface area contributed by atoms with Crippen LogP contribution in [0, 0.1) is 5.82 Å². The molecule has 0 saturated carbocycles. The summed E-state index contributed by atoms with van der Waals surface area (Å²) in [6.07, 6.45) is 1.68. The van der Waals surface area contributed by atoms with Crippen molar-refractivity contribution in [1.29, 1.82) is 0 Å². The van der Waals surface area contributed by atoms with E-state index in [-0.39, 0.29) is 12.0 Å². The predicted molar refractivity (Wildman–Crippen MR) is 84.1 cm³/mol. The van der Waals surface area contributed by atoms with Crippen molar-refractivity contribution in [2.75, 3.05) is 6.54 Å². The summed E-state index contributed by atoms with van der Waals surface area (Å²) in [4.78, 5) is 15.3. The summed E-state index contributed by atoms with van der Waals surface area (Å²) in [5, 5.41) is 9.62. The molecule has 1 N–H and O–H groups in total. The van der Waals surface area contributed by atoms with Crippen molar-refractivity contribution in [3.05, 3.63) is 35.6 Å². The van der Waals surface area contributed by atoms with Crippen molar-refractivity contribution in [1.82, 2.24) is 9.80 Å². The summed E-state index contributed by atoms with van der Waals surface area (Å²) in [7, 11) is 0. The van der Waals surface area contributed by atoms with Crippen LogP contribution in [0.5, 0.6) is 0 Å². The summed E-state index contributed by atoms with van der Waals surface area (Å²) in [5.74, 6) is -0.232. The molecular weight excluding hydrogens is 283 g/mol. The van der Waals surface area contributed by atoms with E-state index in [1.54, 1.807) is 12.1 Å². The van der Waals surface area contributed by atoms with E-state index in [1.807, 2.05) is 26.8 Å². The van der Waals surface area contributed by atoms with Crippen LogP contribution in [0.1, 0.15) is 45.6 Å². The number of nitrogens with zero attached hydrogens (tertiary/aromatic N) is 2. The summed E-state index contributed by atoms with van der Waals surface area (Å²) in [6.45, 7) is 6.93. The third-order valence-electron chi connectivity index (χ3n) is 4.14. The number of carbonyl (C=O) groups is 1. The van der Waals surface area contributed by atoms with Crippen molar-refractivity contribution in [2.24, 2.45) is 0 Å². The van der Waals surface area contributed by atoms with Crippen LogP contribution in [0.15, 0.2) is 24.3 Å². The van der Waals surface area contributed by atoms with Gasteiger partial charge >= 0.3 is 6.09 Å². The van der Waals surface area contributed by atoms with Gasteiger partial charge in [0.05, 0.1) is 6.17 Å². The monoisotopic (exact) mass is 308 g/mol. The van der Waals surface area contributed by atoms with Crippen LogP contribution in [0.2, 0.25) is 0 Å². The van der Waals surface area contributed by atoms with Crippen LogP contribution in [-0.4, -0.2) is 39.2 Å². The average molecular weight is 308 g/mol. The van der Waals surface area contributed by atoms with Crippen LogP contribution in [0.4, 0.5) is 9.18 Å². The van der Waals surface area contributed by atoms with Crippen molar-refractivity contribution in [3.63, 3.8) is 0 Å². The van der Waals surface area contributed by atoms with E-state index >= 15 is 0 Å². The fourth-order valence-electron chi connectivity index (χ4n) is 3.16. The lowest BCUT2D eigenvalue weighted by molar-refractivity contribution is -0.0273. The Morgan fingerprint density at radius 3 is 2.64 bits per heavy atom. The third kappa shape index (κ3) is 3.77. The molecular formula is C17H25FN2O2. The highest BCUT2D eigenvalue weighted by molar-refractivity contribution is 5.66. The molecule has 1 heterocycles. The maximum absolute atomic E-state index is 13.9. The second kappa shape index (κ2) is 6.65. The predicted octanol–water partition coefficient (Wildman–Crippen LogP) is 3.92. The Morgan fingerprint density at radius 2 is 2.05 bits per heavy atom. The Bertz CT molecular complexity index is 528. The van der Waals surface area contributed by atoms with Crippen LogP contribution in [0.3, 0.4) is 0 Å². The maximum atomic E-state index is 13.9. The molecule has 1 aromatic rings. The molecule has 1 saturated heterocycles. The van der Waals surface area contributed by atoms with E-state index in [4.69, 9.17) is 0 Å². The molecule has 2 rings (SSSR count). The van der Waals surface area contributed by atoms with E-state index in [1.165, 1.54) is 11.0 Å². The number of benzene rings is 1. The number of hydrogen-bond acceptors (Lipinski definition) is 2. The Kier molecular flexibility index (Phi) is 5.06. The number of rotatable bonds is 3. The van der Waals surface area contributed by atoms with Gasteiger partial charge in [0.1, 0.15) is 5.82 Å². The van der Waals surface area contributed by atoms with E-state index in [0.29, 0.717) is 12.1 Å². The van der Waals surface area contributed by atoms with Gasteiger partial charge in [-0.15, -0.1) is 0 Å². The van der Waals surface area contributed by atoms with Gasteiger partial charge in [0, 0.05) is 24.2 Å². The Morgan fingerprint density at radius 1 is 1.36 bits per heavy atom. The molecule has 5 heteroatoms. The van der Waals surface area contributed by atoms with Gasteiger partial charge in [-0.1, -0.05) is 18.2 Å². The molecule has 1 unspecified atom stereocenters. The molecule has 22 heavy (non-hydrogen) atoms. The van der Waals surface area contributed by atoms with Gasteiger partial charge in [0.15, 0.2) is 0 Å². The highest BCUT2D eigenvalue weighted by Gasteiger charge is 2.37.